The predicted octanol–water partition coefficient (Wildman–Crippen LogP) is 1.22. The molecule has 1 saturated carbocycles. The quantitative estimate of drug-likeness (QED) is 0.810. The van der Waals surface area contributed by atoms with E-state index in [1.165, 1.54) is 7.11 Å². The molecule has 2 aliphatic rings. The van der Waals surface area contributed by atoms with Gasteiger partial charge in [-0.1, -0.05) is 0 Å². The molecule has 128 valence electrons. The third-order valence-corrected chi connectivity index (χ3v) is 6.98. The summed E-state index contributed by atoms with van der Waals surface area (Å²) >= 11 is 0. The lowest BCUT2D eigenvalue weighted by molar-refractivity contribution is -0.201. The molecule has 2 rings (SSSR count). The fourth-order valence-corrected chi connectivity index (χ4v) is 5.29. The topological polar surface area (TPSA) is 83.9 Å². The van der Waals surface area contributed by atoms with Gasteiger partial charge in [0.25, 0.3) is 0 Å². The van der Waals surface area contributed by atoms with E-state index < -0.39 is 38.9 Å². The van der Waals surface area contributed by atoms with Crippen molar-refractivity contribution >= 4 is 16.0 Å². The Morgan fingerprint density at radius 2 is 2.00 bits per heavy atom. The average molecular weight is 345 g/mol. The molecule has 1 heterocycles. The first-order valence-electron chi connectivity index (χ1n) is 6.87. The molecule has 1 saturated heterocycles. The lowest BCUT2D eigenvalue weighted by Gasteiger charge is -2.40. The average Bonchev–Trinajstić information content (AvgIpc) is 3.18. The van der Waals surface area contributed by atoms with E-state index >= 15 is 0 Å². The fourth-order valence-electron chi connectivity index (χ4n) is 3.00. The first-order chi connectivity index (χ1) is 10.1. The third-order valence-electron chi connectivity index (χ3n) is 4.33. The SMILES string of the molecule is COCC1(S(=O)(=O)N2CCC[C@H](C(F)(F)F)[C@@H]2C(=O)O)CC1. The molecular formula is C12H18F3NO5S. The van der Waals surface area contributed by atoms with Crippen LogP contribution in [0.4, 0.5) is 13.2 Å². The van der Waals surface area contributed by atoms with Gasteiger partial charge in [0, 0.05) is 13.7 Å². The number of aliphatic carboxylic acids is 1. The smallest absolute Gasteiger partial charge is 0.393 e. The van der Waals surface area contributed by atoms with E-state index in [1.54, 1.807) is 0 Å². The highest BCUT2D eigenvalue weighted by Gasteiger charge is 2.62. The molecule has 0 radical (unpaired) electrons. The Labute approximate surface area is 126 Å². The zero-order valence-electron chi connectivity index (χ0n) is 12.0. The van der Waals surface area contributed by atoms with Gasteiger partial charge >= 0.3 is 12.1 Å². The maximum absolute atomic E-state index is 13.1. The summed E-state index contributed by atoms with van der Waals surface area (Å²) in [7, 11) is -2.87. The van der Waals surface area contributed by atoms with Crippen molar-refractivity contribution in [1.82, 2.24) is 4.31 Å². The largest absolute Gasteiger partial charge is 0.480 e. The Kier molecular flexibility index (Phi) is 4.48. The maximum Gasteiger partial charge on any atom is 0.393 e. The normalized spacial score (nSPS) is 29.3. The molecule has 0 aromatic carbocycles. The number of hydrogen-bond acceptors (Lipinski definition) is 4. The zero-order chi connectivity index (χ0) is 16.8. The van der Waals surface area contributed by atoms with E-state index in [1.807, 2.05) is 0 Å². The first kappa shape index (κ1) is 17.5. The Hall–Kier alpha value is -0.870. The monoisotopic (exact) mass is 345 g/mol. The standard InChI is InChI=1S/C12H18F3NO5S/c1-21-7-11(4-5-11)22(19,20)16-6-2-3-8(12(13,14)15)9(16)10(17)18/h8-9H,2-7H2,1H3,(H,17,18)/t8-,9+/m0/s1. The molecule has 0 aromatic rings. The summed E-state index contributed by atoms with van der Waals surface area (Å²) in [4.78, 5) is 11.3. The molecular weight excluding hydrogens is 327 g/mol. The van der Waals surface area contributed by atoms with Crippen molar-refractivity contribution < 1.29 is 36.2 Å². The second-order valence-electron chi connectivity index (χ2n) is 5.81. The summed E-state index contributed by atoms with van der Waals surface area (Å²) < 4.78 is 68.6. The number of carboxylic acids is 1. The van der Waals surface area contributed by atoms with Crippen molar-refractivity contribution in [3.63, 3.8) is 0 Å². The second kappa shape index (κ2) is 5.64. The van der Waals surface area contributed by atoms with Crippen LogP contribution in [0.2, 0.25) is 0 Å². The molecule has 2 atom stereocenters. The Balaban J connectivity index is 2.38. The minimum atomic E-state index is -4.75. The van der Waals surface area contributed by atoms with Gasteiger partial charge in [0.1, 0.15) is 10.8 Å². The minimum Gasteiger partial charge on any atom is -0.480 e. The van der Waals surface area contributed by atoms with Gasteiger partial charge in [-0.15, -0.1) is 0 Å². The van der Waals surface area contributed by atoms with Crippen LogP contribution in [-0.2, 0) is 19.6 Å². The summed E-state index contributed by atoms with van der Waals surface area (Å²) in [6.07, 6.45) is -4.62. The summed E-state index contributed by atoms with van der Waals surface area (Å²) in [5, 5.41) is 9.18. The Bertz CT molecular complexity index is 543. The van der Waals surface area contributed by atoms with E-state index in [-0.39, 0.29) is 38.8 Å². The molecule has 22 heavy (non-hydrogen) atoms. The predicted molar refractivity (Wildman–Crippen MR) is 69.7 cm³/mol. The summed E-state index contributed by atoms with van der Waals surface area (Å²) in [6.45, 7) is -0.355. The molecule has 0 spiro atoms. The summed E-state index contributed by atoms with van der Waals surface area (Å²) in [6, 6.07) is -2.10. The van der Waals surface area contributed by atoms with Crippen LogP contribution in [0.25, 0.3) is 0 Å². The Morgan fingerprint density at radius 1 is 1.41 bits per heavy atom. The lowest BCUT2D eigenvalue weighted by atomic mass is 9.90. The molecule has 10 heteroatoms. The van der Waals surface area contributed by atoms with Gasteiger partial charge in [0.05, 0.1) is 12.5 Å². The number of nitrogens with zero attached hydrogens (tertiary/aromatic N) is 1. The number of rotatable bonds is 5. The molecule has 1 aliphatic carbocycles. The van der Waals surface area contributed by atoms with Crippen molar-refractivity contribution in [3.05, 3.63) is 0 Å². The lowest BCUT2D eigenvalue weighted by Crippen LogP contribution is -2.58. The molecule has 2 fully saturated rings. The van der Waals surface area contributed by atoms with Crippen LogP contribution < -0.4 is 0 Å². The number of methoxy groups -OCH3 is 1. The highest BCUT2D eigenvalue weighted by Crippen LogP contribution is 2.48. The molecule has 1 aliphatic heterocycles. The van der Waals surface area contributed by atoms with Gasteiger partial charge in [-0.05, 0) is 25.7 Å². The van der Waals surface area contributed by atoms with Crippen molar-refractivity contribution in [2.75, 3.05) is 20.3 Å². The van der Waals surface area contributed by atoms with Crippen LogP contribution in [0.15, 0.2) is 0 Å². The number of carbonyl (C=O) groups is 1. The molecule has 0 aromatic heterocycles. The fraction of sp³-hybridized carbons (Fsp3) is 0.917. The Morgan fingerprint density at radius 3 is 2.41 bits per heavy atom. The van der Waals surface area contributed by atoms with Crippen LogP contribution >= 0.6 is 0 Å². The van der Waals surface area contributed by atoms with E-state index in [2.05, 4.69) is 0 Å². The van der Waals surface area contributed by atoms with Gasteiger partial charge in [-0.2, -0.15) is 17.5 Å². The molecule has 0 amide bonds. The van der Waals surface area contributed by atoms with Crippen molar-refractivity contribution in [2.45, 2.75) is 42.6 Å². The van der Waals surface area contributed by atoms with Crippen molar-refractivity contribution in [1.29, 1.82) is 0 Å². The highest BCUT2D eigenvalue weighted by atomic mass is 32.2. The number of ether oxygens (including phenoxy) is 1. The molecule has 0 unspecified atom stereocenters. The van der Waals surface area contributed by atoms with Gasteiger partial charge in [-0.3, -0.25) is 4.79 Å². The summed E-state index contributed by atoms with van der Waals surface area (Å²) in [5.74, 6) is -3.95. The maximum atomic E-state index is 13.1. The van der Waals surface area contributed by atoms with E-state index in [9.17, 15) is 31.5 Å². The number of carboxylic acid groups (broad SMARTS) is 1. The zero-order valence-corrected chi connectivity index (χ0v) is 12.8. The number of sulfonamides is 1. The van der Waals surface area contributed by atoms with Crippen molar-refractivity contribution in [3.8, 4) is 0 Å². The number of piperidine rings is 1. The van der Waals surface area contributed by atoms with Gasteiger partial charge < -0.3 is 9.84 Å². The van der Waals surface area contributed by atoms with Crippen LogP contribution in [-0.4, -0.2) is 61.0 Å². The third kappa shape index (κ3) is 2.83. The van der Waals surface area contributed by atoms with Crippen LogP contribution in [0.3, 0.4) is 0 Å². The number of hydrogen-bond donors (Lipinski definition) is 1. The van der Waals surface area contributed by atoms with E-state index in [0.717, 1.165) is 0 Å². The minimum absolute atomic E-state index is 0.0176. The van der Waals surface area contributed by atoms with Crippen molar-refractivity contribution in [2.24, 2.45) is 5.92 Å². The van der Waals surface area contributed by atoms with Crippen LogP contribution in [0, 0.1) is 5.92 Å². The molecule has 0 bridgehead atoms. The van der Waals surface area contributed by atoms with Gasteiger partial charge in [-0.25, -0.2) is 8.42 Å². The van der Waals surface area contributed by atoms with E-state index in [0.29, 0.717) is 4.31 Å². The number of alkyl halides is 3. The first-order valence-corrected chi connectivity index (χ1v) is 8.31. The molecule has 1 N–H and O–H groups in total. The van der Waals surface area contributed by atoms with E-state index in [4.69, 9.17) is 4.74 Å². The highest BCUT2D eigenvalue weighted by molar-refractivity contribution is 7.90. The van der Waals surface area contributed by atoms with Gasteiger partial charge in [0.2, 0.25) is 10.0 Å². The second-order valence-corrected chi connectivity index (χ2v) is 8.09. The number of halogens is 3. The summed E-state index contributed by atoms with van der Waals surface area (Å²) in [5.41, 5.74) is 0. The van der Waals surface area contributed by atoms with Crippen LogP contribution in [0.1, 0.15) is 25.7 Å². The van der Waals surface area contributed by atoms with Crippen LogP contribution in [0.5, 0.6) is 0 Å². The molecule has 6 nitrogen and oxygen atoms in total. The van der Waals surface area contributed by atoms with Gasteiger partial charge in [0.15, 0.2) is 0 Å².